The highest BCUT2D eigenvalue weighted by molar-refractivity contribution is 5.48. The van der Waals surface area contributed by atoms with Gasteiger partial charge in [0, 0.05) is 6.54 Å². The zero-order valence-corrected chi connectivity index (χ0v) is 12.1. The molecule has 0 atom stereocenters. The Balaban J connectivity index is 2.01. The van der Waals surface area contributed by atoms with E-state index in [9.17, 15) is 0 Å². The van der Waals surface area contributed by atoms with Gasteiger partial charge in [-0.2, -0.15) is 0 Å². The summed E-state index contributed by atoms with van der Waals surface area (Å²) in [5, 5.41) is 3.35. The zero-order valence-electron chi connectivity index (χ0n) is 12.1. The van der Waals surface area contributed by atoms with Gasteiger partial charge in [0.15, 0.2) is 0 Å². The van der Waals surface area contributed by atoms with Crippen LogP contribution in [0.3, 0.4) is 0 Å². The van der Waals surface area contributed by atoms with Crippen molar-refractivity contribution in [2.24, 2.45) is 5.92 Å². The molecule has 0 amide bonds. The van der Waals surface area contributed by atoms with E-state index in [0.717, 1.165) is 43.3 Å². The molecule has 0 unspecified atom stereocenters. The van der Waals surface area contributed by atoms with E-state index in [1.807, 2.05) is 0 Å². The Morgan fingerprint density at radius 1 is 1.26 bits per heavy atom. The summed E-state index contributed by atoms with van der Waals surface area (Å²) in [6.45, 7) is 6.01. The van der Waals surface area contributed by atoms with Gasteiger partial charge < -0.3 is 10.1 Å². The number of rotatable bonds is 7. The van der Waals surface area contributed by atoms with Crippen LogP contribution in [0.25, 0.3) is 0 Å². The Morgan fingerprint density at radius 2 is 2.05 bits per heavy atom. The molecule has 0 bridgehead atoms. The van der Waals surface area contributed by atoms with Gasteiger partial charge in [0.25, 0.3) is 0 Å². The second-order valence-corrected chi connectivity index (χ2v) is 5.25. The molecule has 1 saturated carbocycles. The highest BCUT2D eigenvalue weighted by Crippen LogP contribution is 2.27. The summed E-state index contributed by atoms with van der Waals surface area (Å²) in [7, 11) is 0. The average Bonchev–Trinajstić information content (AvgIpc) is 2.96. The summed E-state index contributed by atoms with van der Waals surface area (Å²) in [6.07, 6.45) is 8.88. The Kier molecular flexibility index (Phi) is 5.43. The predicted molar refractivity (Wildman–Crippen MR) is 77.6 cm³/mol. The smallest absolute Gasteiger partial charge is 0.221 e. The molecule has 4 heteroatoms. The minimum absolute atomic E-state index is 0.715. The molecule has 1 fully saturated rings. The lowest BCUT2D eigenvalue weighted by Gasteiger charge is -2.15. The first kappa shape index (κ1) is 14.1. The van der Waals surface area contributed by atoms with E-state index in [2.05, 4.69) is 29.1 Å². The molecule has 19 heavy (non-hydrogen) atoms. The molecular formula is C15H25N3O. The molecule has 0 aromatic carbocycles. The van der Waals surface area contributed by atoms with Crippen molar-refractivity contribution in [1.82, 2.24) is 9.97 Å². The number of anilines is 1. The van der Waals surface area contributed by atoms with Crippen LogP contribution in [0.2, 0.25) is 0 Å². The maximum absolute atomic E-state index is 5.94. The first-order valence-electron chi connectivity index (χ1n) is 7.55. The van der Waals surface area contributed by atoms with Crippen LogP contribution in [0.15, 0.2) is 6.33 Å². The van der Waals surface area contributed by atoms with Crippen molar-refractivity contribution in [2.45, 2.75) is 52.4 Å². The number of nitrogens with one attached hydrogen (secondary N) is 1. The SMILES string of the molecule is CCCNc1ncnc(OCC2CCCC2)c1CC. The highest BCUT2D eigenvalue weighted by Gasteiger charge is 2.17. The summed E-state index contributed by atoms with van der Waals surface area (Å²) < 4.78 is 5.94. The van der Waals surface area contributed by atoms with E-state index in [0.29, 0.717) is 5.92 Å². The van der Waals surface area contributed by atoms with Gasteiger partial charge in [0.1, 0.15) is 12.1 Å². The molecule has 4 nitrogen and oxygen atoms in total. The summed E-state index contributed by atoms with van der Waals surface area (Å²) in [5.41, 5.74) is 1.11. The van der Waals surface area contributed by atoms with E-state index in [-0.39, 0.29) is 0 Å². The molecule has 0 saturated heterocycles. The monoisotopic (exact) mass is 263 g/mol. The first-order chi connectivity index (χ1) is 9.35. The van der Waals surface area contributed by atoms with Crippen LogP contribution in [-0.2, 0) is 6.42 Å². The van der Waals surface area contributed by atoms with Crippen LogP contribution in [-0.4, -0.2) is 23.1 Å². The van der Waals surface area contributed by atoms with Crippen molar-refractivity contribution >= 4 is 5.82 Å². The van der Waals surface area contributed by atoms with Gasteiger partial charge in [-0.25, -0.2) is 9.97 Å². The molecule has 1 aliphatic rings. The molecule has 0 radical (unpaired) electrons. The van der Waals surface area contributed by atoms with Gasteiger partial charge in [0.2, 0.25) is 5.88 Å². The number of hydrogen-bond donors (Lipinski definition) is 1. The van der Waals surface area contributed by atoms with Crippen LogP contribution < -0.4 is 10.1 Å². The molecule has 1 N–H and O–H groups in total. The minimum atomic E-state index is 0.715. The fraction of sp³-hybridized carbons (Fsp3) is 0.733. The topological polar surface area (TPSA) is 47.0 Å². The second-order valence-electron chi connectivity index (χ2n) is 5.25. The van der Waals surface area contributed by atoms with E-state index < -0.39 is 0 Å². The molecule has 1 aromatic rings. The van der Waals surface area contributed by atoms with Crippen molar-refractivity contribution in [2.75, 3.05) is 18.5 Å². The lowest BCUT2D eigenvalue weighted by atomic mass is 10.1. The van der Waals surface area contributed by atoms with Gasteiger partial charge in [-0.1, -0.05) is 26.7 Å². The Labute approximate surface area is 116 Å². The number of hydrogen-bond acceptors (Lipinski definition) is 4. The van der Waals surface area contributed by atoms with Gasteiger partial charge >= 0.3 is 0 Å². The summed E-state index contributed by atoms with van der Waals surface area (Å²) in [5.74, 6) is 2.41. The predicted octanol–water partition coefficient (Wildman–Crippen LogP) is 3.43. The number of nitrogens with zero attached hydrogens (tertiary/aromatic N) is 2. The minimum Gasteiger partial charge on any atom is -0.477 e. The summed E-state index contributed by atoms with van der Waals surface area (Å²) >= 11 is 0. The number of ether oxygens (including phenoxy) is 1. The lowest BCUT2D eigenvalue weighted by molar-refractivity contribution is 0.241. The Hall–Kier alpha value is -1.32. The van der Waals surface area contributed by atoms with E-state index >= 15 is 0 Å². The van der Waals surface area contributed by atoms with Crippen molar-refractivity contribution in [1.29, 1.82) is 0 Å². The Bertz CT molecular complexity index is 389. The summed E-state index contributed by atoms with van der Waals surface area (Å²) in [4.78, 5) is 8.63. The van der Waals surface area contributed by atoms with Crippen LogP contribution in [0.4, 0.5) is 5.82 Å². The van der Waals surface area contributed by atoms with Crippen LogP contribution in [0, 0.1) is 5.92 Å². The normalized spacial score (nSPS) is 15.7. The first-order valence-corrected chi connectivity index (χ1v) is 7.55. The average molecular weight is 263 g/mol. The molecule has 2 rings (SSSR count). The van der Waals surface area contributed by atoms with E-state index in [4.69, 9.17) is 4.74 Å². The van der Waals surface area contributed by atoms with Crippen LogP contribution in [0.1, 0.15) is 51.5 Å². The van der Waals surface area contributed by atoms with Crippen molar-refractivity contribution in [3.05, 3.63) is 11.9 Å². The quantitative estimate of drug-likeness (QED) is 0.818. The number of aromatic nitrogens is 2. The largest absolute Gasteiger partial charge is 0.477 e. The van der Waals surface area contributed by atoms with Gasteiger partial charge in [-0.15, -0.1) is 0 Å². The van der Waals surface area contributed by atoms with Crippen molar-refractivity contribution in [3.8, 4) is 5.88 Å². The van der Waals surface area contributed by atoms with Crippen molar-refractivity contribution in [3.63, 3.8) is 0 Å². The van der Waals surface area contributed by atoms with Gasteiger partial charge in [0.05, 0.1) is 12.2 Å². The molecule has 0 spiro atoms. The molecule has 1 aromatic heterocycles. The fourth-order valence-electron chi connectivity index (χ4n) is 2.61. The third kappa shape index (κ3) is 3.82. The van der Waals surface area contributed by atoms with E-state index in [1.165, 1.54) is 25.7 Å². The molecule has 106 valence electrons. The fourth-order valence-corrected chi connectivity index (χ4v) is 2.61. The standard InChI is InChI=1S/C15H25N3O/c1-3-9-16-14-13(4-2)15(18-11-17-14)19-10-12-7-5-6-8-12/h11-12H,3-10H2,1-2H3,(H,16,17,18). The third-order valence-electron chi connectivity index (χ3n) is 3.73. The van der Waals surface area contributed by atoms with E-state index in [1.54, 1.807) is 6.33 Å². The van der Waals surface area contributed by atoms with Crippen molar-refractivity contribution < 1.29 is 4.74 Å². The maximum atomic E-state index is 5.94. The summed E-state index contributed by atoms with van der Waals surface area (Å²) in [6, 6.07) is 0. The third-order valence-corrected chi connectivity index (χ3v) is 3.73. The van der Waals surface area contributed by atoms with Gasteiger partial charge in [-0.3, -0.25) is 0 Å². The molecule has 1 heterocycles. The molecule has 1 aliphatic carbocycles. The zero-order chi connectivity index (χ0) is 13.5. The lowest BCUT2D eigenvalue weighted by Crippen LogP contribution is -2.12. The molecule has 0 aliphatic heterocycles. The van der Waals surface area contributed by atoms with Gasteiger partial charge in [-0.05, 0) is 31.6 Å². The Morgan fingerprint density at radius 3 is 2.74 bits per heavy atom. The maximum Gasteiger partial charge on any atom is 0.221 e. The second kappa shape index (κ2) is 7.31. The highest BCUT2D eigenvalue weighted by atomic mass is 16.5. The molecular weight excluding hydrogens is 238 g/mol. The van der Waals surface area contributed by atoms with Crippen LogP contribution in [0.5, 0.6) is 5.88 Å². The van der Waals surface area contributed by atoms with Crippen LogP contribution >= 0.6 is 0 Å².